The van der Waals surface area contributed by atoms with Crippen LogP contribution >= 0.6 is 0 Å². The number of carbonyl (C=O) groups excluding carboxylic acids is 10. The van der Waals surface area contributed by atoms with E-state index in [2.05, 4.69) is 80.3 Å². The smallest absolute Gasteiger partial charge is 0.264 e. The average Bonchev–Trinajstić information content (AvgIpc) is 1.87. The van der Waals surface area contributed by atoms with Crippen LogP contribution in [-0.2, 0) is 67.2 Å². The first-order chi connectivity index (χ1) is 44.0. The van der Waals surface area contributed by atoms with Crippen LogP contribution in [-0.4, -0.2) is 143 Å². The molecule has 0 saturated heterocycles. The Morgan fingerprint density at radius 3 is 1.75 bits per heavy atom. The molecule has 0 aliphatic rings. The van der Waals surface area contributed by atoms with E-state index in [-0.39, 0.29) is 51.1 Å². The van der Waals surface area contributed by atoms with E-state index in [1.165, 1.54) is 90.6 Å². The number of carbonyl (C=O) groups is 10. The molecule has 0 radical (unpaired) electrons. The zero-order valence-electron chi connectivity index (χ0n) is 53.8. The largest absolute Gasteiger partial charge is 0.368 e. The Hall–Kier alpha value is -8.64. The van der Waals surface area contributed by atoms with E-state index in [1.54, 1.807) is 36.5 Å². The molecule has 10 amide bonds. The number of hydrazone groups is 1. The highest BCUT2D eigenvalue weighted by Crippen LogP contribution is 2.20. The summed E-state index contributed by atoms with van der Waals surface area (Å²) in [5.74, 6) is -5.76. The number of benzene rings is 2. The minimum atomic E-state index is -1.35. The van der Waals surface area contributed by atoms with Crippen molar-refractivity contribution < 1.29 is 47.9 Å². The number of hydrogen-bond acceptors (Lipinski definition) is 13. The summed E-state index contributed by atoms with van der Waals surface area (Å²) in [7, 11) is 0. The van der Waals surface area contributed by atoms with Gasteiger partial charge in [-0.3, -0.25) is 47.9 Å². The van der Waals surface area contributed by atoms with E-state index < -0.39 is 89.4 Å². The van der Waals surface area contributed by atoms with Crippen LogP contribution in [0.4, 0.5) is 0 Å². The molecule has 2 aromatic heterocycles. The molecule has 2 heterocycles. The van der Waals surface area contributed by atoms with Gasteiger partial charge < -0.3 is 69.0 Å². The van der Waals surface area contributed by atoms with E-state index in [0.717, 1.165) is 42.8 Å². The molecule has 0 unspecified atom stereocenters. The lowest BCUT2D eigenvalue weighted by molar-refractivity contribution is -0.135. The highest BCUT2D eigenvalue weighted by molar-refractivity contribution is 6.26. The van der Waals surface area contributed by atoms with Crippen LogP contribution in [0.25, 0.3) is 10.9 Å². The number of rotatable bonds is 48. The SMILES string of the molecule is CCCCCCCCCCCCCCCC(=O)NCCCNC(=O)/C=N/NCC(=O)NCCCC[C@H](NC(=O)[C@@H](Cc1ccccc1)NC(=O)[C@H](Cc1cnc[nH]1)NC(=O)[C@H](C)NC(=O)[C@H](CCCC)NC(C)=O)C(=O)N[C@@H](Cc1c[nH]c2ccccc12)C(N)=O. The summed E-state index contributed by atoms with van der Waals surface area (Å²) in [6.45, 7) is 7.56. The Balaban J connectivity index is 1.32. The topological polar surface area (TPSA) is 374 Å². The monoisotopic (exact) mass is 1260 g/mol. The van der Waals surface area contributed by atoms with E-state index >= 15 is 0 Å². The molecule has 25 heteroatoms. The summed E-state index contributed by atoms with van der Waals surface area (Å²) in [4.78, 5) is 143. The zero-order chi connectivity index (χ0) is 66.0. The number of para-hydroxylation sites is 1. The summed E-state index contributed by atoms with van der Waals surface area (Å²) in [6, 6.07) is 8.98. The quantitative estimate of drug-likeness (QED) is 0.0165. The highest BCUT2D eigenvalue weighted by atomic mass is 16.2. The van der Waals surface area contributed by atoms with Gasteiger partial charge in [0.15, 0.2) is 0 Å². The number of fused-ring (bicyclic) bond motifs is 1. The lowest BCUT2D eigenvalue weighted by Crippen LogP contribution is -2.60. The molecule has 0 spiro atoms. The molecule has 0 aliphatic heterocycles. The Morgan fingerprint density at radius 2 is 1.09 bits per heavy atom. The van der Waals surface area contributed by atoms with Crippen LogP contribution in [0.2, 0.25) is 0 Å². The molecule has 0 aliphatic carbocycles. The second-order valence-corrected chi connectivity index (χ2v) is 23.2. The van der Waals surface area contributed by atoms with Gasteiger partial charge in [-0.2, -0.15) is 5.10 Å². The van der Waals surface area contributed by atoms with Crippen molar-refractivity contribution in [1.29, 1.82) is 0 Å². The summed E-state index contributed by atoms with van der Waals surface area (Å²) >= 11 is 0. The first-order valence-electron chi connectivity index (χ1n) is 32.7. The van der Waals surface area contributed by atoms with Crippen molar-refractivity contribution in [3.05, 3.63) is 90.1 Å². The van der Waals surface area contributed by atoms with Crippen molar-refractivity contribution >= 4 is 76.2 Å². The summed E-state index contributed by atoms with van der Waals surface area (Å²) in [5.41, 5.74) is 11.0. The fourth-order valence-corrected chi connectivity index (χ4v) is 10.3. The van der Waals surface area contributed by atoms with Crippen LogP contribution in [0.5, 0.6) is 0 Å². The molecule has 4 rings (SSSR count). The van der Waals surface area contributed by atoms with E-state index in [9.17, 15) is 47.9 Å². The lowest BCUT2D eigenvalue weighted by Gasteiger charge is -2.27. The average molecular weight is 1260 g/mol. The number of aromatic nitrogens is 3. The van der Waals surface area contributed by atoms with Crippen molar-refractivity contribution in [2.75, 3.05) is 26.2 Å². The fourth-order valence-electron chi connectivity index (χ4n) is 10.3. The first kappa shape index (κ1) is 74.8. The molecule has 0 fully saturated rings. The number of H-pyrrole nitrogens is 2. The Morgan fingerprint density at radius 1 is 0.538 bits per heavy atom. The van der Waals surface area contributed by atoms with Crippen LogP contribution in [0, 0.1) is 0 Å². The number of aromatic amines is 2. The van der Waals surface area contributed by atoms with Gasteiger partial charge in [0.2, 0.25) is 53.2 Å². The van der Waals surface area contributed by atoms with Crippen LogP contribution in [0.15, 0.2) is 78.4 Å². The lowest BCUT2D eigenvalue weighted by atomic mass is 10.0. The summed E-state index contributed by atoms with van der Waals surface area (Å²) in [6.07, 6.45) is 25.0. The second kappa shape index (κ2) is 43.9. The predicted octanol–water partition coefficient (Wildman–Crippen LogP) is 4.51. The third-order valence-electron chi connectivity index (χ3n) is 15.4. The number of nitrogens with one attached hydrogen (secondary N) is 12. The summed E-state index contributed by atoms with van der Waals surface area (Å²) < 4.78 is 0. The maximum Gasteiger partial charge on any atom is 0.264 e. The van der Waals surface area contributed by atoms with Gasteiger partial charge in [0, 0.05) is 81.2 Å². The van der Waals surface area contributed by atoms with E-state index in [4.69, 9.17) is 5.73 Å². The predicted molar refractivity (Wildman–Crippen MR) is 350 cm³/mol. The maximum atomic E-state index is 14.7. The maximum absolute atomic E-state index is 14.7. The van der Waals surface area contributed by atoms with Crippen molar-refractivity contribution in [3.63, 3.8) is 0 Å². The number of amides is 10. The molecule has 500 valence electrons. The Bertz CT molecular complexity index is 2880. The standard InChI is InChI=1S/C66H101N15O10/c1-5-7-9-10-11-12-13-14-15-16-17-18-22-34-58(83)69-36-27-37-71-60(85)44-75-74-43-59(84)70-35-26-25-33-54(64(89)79-55(61(67)86)39-49-41-72-52-32-24-23-30-51(49)52)78-65(90)56(38-48-28-20-19-21-29-48)81-66(91)57(40-50-42-68-45-73-50)80-62(87)46(3)76-63(88)53(31-8-6-2)77-47(4)82/h19-21,23-24,28-30,32,41-42,44-46,53-57,72,74H,5-18,22,25-27,31,33-40,43H2,1-4H3,(H2,67,86)(H,68,73)(H,69,83)(H,70,84)(H,71,85)(H,76,88)(H,77,82)(H,78,90)(H,79,89)(H,80,87)(H,81,91)/b75-44+/t46-,53-,54-,55-,56+,57-/m0/s1. The zero-order valence-corrected chi connectivity index (χ0v) is 53.8. The number of imidazole rings is 1. The number of nitrogens with two attached hydrogens (primary N) is 1. The van der Waals surface area contributed by atoms with Crippen molar-refractivity contribution in [2.24, 2.45) is 10.8 Å². The van der Waals surface area contributed by atoms with Crippen molar-refractivity contribution in [1.82, 2.24) is 68.2 Å². The first-order valence-corrected chi connectivity index (χ1v) is 32.7. The van der Waals surface area contributed by atoms with Gasteiger partial charge in [-0.1, -0.05) is 152 Å². The molecule has 2 aromatic carbocycles. The molecule has 25 nitrogen and oxygen atoms in total. The minimum Gasteiger partial charge on any atom is -0.368 e. The van der Waals surface area contributed by atoms with Gasteiger partial charge in [-0.15, -0.1) is 0 Å². The minimum absolute atomic E-state index is 0.00461. The van der Waals surface area contributed by atoms with E-state index in [1.807, 2.05) is 31.2 Å². The molecule has 91 heavy (non-hydrogen) atoms. The highest BCUT2D eigenvalue weighted by Gasteiger charge is 2.33. The van der Waals surface area contributed by atoms with Crippen molar-refractivity contribution in [3.8, 4) is 0 Å². The normalized spacial score (nSPS) is 13.1. The number of primary amides is 1. The molecule has 4 aromatic rings. The van der Waals surface area contributed by atoms with Gasteiger partial charge in [-0.25, -0.2) is 4.98 Å². The molecular weight excluding hydrogens is 1160 g/mol. The van der Waals surface area contributed by atoms with Crippen LogP contribution in [0.3, 0.4) is 0 Å². The summed E-state index contributed by atoms with van der Waals surface area (Å²) in [5, 5.41) is 29.3. The number of unbranched alkanes of at least 4 members (excludes halogenated alkanes) is 14. The number of hydrogen-bond donors (Lipinski definition) is 13. The fraction of sp³-hybridized carbons (Fsp3) is 0.576. The number of nitrogens with zero attached hydrogens (tertiary/aromatic N) is 2. The molecule has 6 atom stereocenters. The van der Waals surface area contributed by atoms with Gasteiger partial charge in [-0.05, 0) is 62.6 Å². The molecule has 14 N–H and O–H groups in total. The van der Waals surface area contributed by atoms with Crippen molar-refractivity contribution in [2.45, 2.75) is 218 Å². The second-order valence-electron chi connectivity index (χ2n) is 23.2. The van der Waals surface area contributed by atoms with Gasteiger partial charge in [0.05, 0.1) is 6.33 Å². The molecular formula is C66H101N15O10. The van der Waals surface area contributed by atoms with Crippen LogP contribution in [0.1, 0.15) is 179 Å². The van der Waals surface area contributed by atoms with Gasteiger partial charge in [0.25, 0.3) is 5.91 Å². The third kappa shape index (κ3) is 31.1. The molecule has 0 saturated carbocycles. The Kier molecular flexibility index (Phi) is 36.1. The molecule has 0 bridgehead atoms. The third-order valence-corrected chi connectivity index (χ3v) is 15.4. The Labute approximate surface area is 535 Å². The van der Waals surface area contributed by atoms with Gasteiger partial charge in [0.1, 0.15) is 49.0 Å². The van der Waals surface area contributed by atoms with Gasteiger partial charge >= 0.3 is 0 Å². The van der Waals surface area contributed by atoms with E-state index in [0.29, 0.717) is 62.0 Å². The van der Waals surface area contributed by atoms with Crippen LogP contribution < -0.4 is 59.0 Å².